The fourth-order valence-electron chi connectivity index (χ4n) is 2.30. The Balaban J connectivity index is 2.23. The zero-order valence-corrected chi connectivity index (χ0v) is 12.8. The first-order valence-corrected chi connectivity index (χ1v) is 8.34. The predicted octanol–water partition coefficient (Wildman–Crippen LogP) is 1.42. The lowest BCUT2D eigenvalue weighted by Crippen LogP contribution is -2.29. The van der Waals surface area contributed by atoms with Crippen LogP contribution in [0.15, 0.2) is 27.6 Å². The van der Waals surface area contributed by atoms with E-state index in [1.54, 1.807) is 12.1 Å². The van der Waals surface area contributed by atoms with Crippen LogP contribution in [0.5, 0.6) is 0 Å². The van der Waals surface area contributed by atoms with Gasteiger partial charge in [-0.15, -0.1) is 0 Å². The summed E-state index contributed by atoms with van der Waals surface area (Å²) in [5.41, 5.74) is 6.14. The smallest absolute Gasteiger partial charge is 0.244 e. The summed E-state index contributed by atoms with van der Waals surface area (Å²) in [7, 11) is -3.49. The molecule has 0 bridgehead atoms. The first-order valence-electron chi connectivity index (χ1n) is 6.11. The number of aliphatic hydroxyl groups is 1. The maximum atomic E-state index is 12.5. The van der Waals surface area contributed by atoms with Crippen molar-refractivity contribution >= 4 is 31.6 Å². The number of nitrogens with zero attached hydrogens (tertiary/aromatic N) is 1. The van der Waals surface area contributed by atoms with E-state index in [2.05, 4.69) is 15.9 Å². The zero-order valence-electron chi connectivity index (χ0n) is 10.4. The van der Waals surface area contributed by atoms with Gasteiger partial charge in [-0.2, -0.15) is 4.31 Å². The highest BCUT2D eigenvalue weighted by atomic mass is 79.9. The van der Waals surface area contributed by atoms with Gasteiger partial charge < -0.3 is 10.8 Å². The molecule has 7 heteroatoms. The molecule has 1 fully saturated rings. The van der Waals surface area contributed by atoms with Crippen LogP contribution in [0.25, 0.3) is 0 Å². The van der Waals surface area contributed by atoms with Crippen LogP contribution < -0.4 is 5.73 Å². The molecule has 5 nitrogen and oxygen atoms in total. The van der Waals surface area contributed by atoms with E-state index in [0.29, 0.717) is 29.7 Å². The number of hydrogen-bond donors (Lipinski definition) is 2. The molecule has 1 aliphatic heterocycles. The molecule has 106 valence electrons. The van der Waals surface area contributed by atoms with Gasteiger partial charge in [0, 0.05) is 29.9 Å². The zero-order chi connectivity index (χ0) is 14.0. The van der Waals surface area contributed by atoms with E-state index in [0.717, 1.165) is 6.42 Å². The fraction of sp³-hybridized carbons (Fsp3) is 0.500. The van der Waals surface area contributed by atoms with E-state index < -0.39 is 10.0 Å². The fourth-order valence-corrected chi connectivity index (χ4v) is 4.89. The number of hydrogen-bond acceptors (Lipinski definition) is 4. The molecule has 1 aromatic carbocycles. The van der Waals surface area contributed by atoms with Crippen molar-refractivity contribution in [3.63, 3.8) is 0 Å². The number of anilines is 1. The highest BCUT2D eigenvalue weighted by Gasteiger charge is 2.33. The largest absolute Gasteiger partial charge is 0.399 e. The molecule has 0 radical (unpaired) electrons. The summed E-state index contributed by atoms with van der Waals surface area (Å²) in [6.45, 7) is 1.08. The number of benzene rings is 1. The van der Waals surface area contributed by atoms with Gasteiger partial charge in [0.2, 0.25) is 10.0 Å². The lowest BCUT2D eigenvalue weighted by atomic mass is 10.1. The third kappa shape index (κ3) is 3.10. The number of rotatable bonds is 4. The van der Waals surface area contributed by atoms with Gasteiger partial charge in [-0.1, -0.05) is 0 Å². The Labute approximate surface area is 121 Å². The van der Waals surface area contributed by atoms with Crippen molar-refractivity contribution in [1.29, 1.82) is 0 Å². The summed E-state index contributed by atoms with van der Waals surface area (Å²) in [4.78, 5) is 0.242. The Morgan fingerprint density at radius 3 is 2.84 bits per heavy atom. The molecule has 1 atom stereocenters. The van der Waals surface area contributed by atoms with Gasteiger partial charge in [0.15, 0.2) is 0 Å². The average molecular weight is 349 g/mol. The standard InChI is InChI=1S/C12H17BrN2O3S/c13-11-7-10(14)1-2-12(11)19(17,18)15-5-3-9(8-15)4-6-16/h1-2,7,9,16H,3-6,8,14H2. The van der Waals surface area contributed by atoms with E-state index in [1.165, 1.54) is 10.4 Å². The summed E-state index contributed by atoms with van der Waals surface area (Å²) in [5, 5.41) is 8.92. The van der Waals surface area contributed by atoms with Crippen LogP contribution in [0.1, 0.15) is 12.8 Å². The second-order valence-corrected chi connectivity index (χ2v) is 7.48. The Hall–Kier alpha value is -0.630. The van der Waals surface area contributed by atoms with Gasteiger partial charge in [-0.05, 0) is 52.9 Å². The molecule has 0 aromatic heterocycles. The van der Waals surface area contributed by atoms with Gasteiger partial charge >= 0.3 is 0 Å². The highest BCUT2D eigenvalue weighted by Crippen LogP contribution is 2.30. The lowest BCUT2D eigenvalue weighted by molar-refractivity contribution is 0.259. The second kappa shape index (κ2) is 5.78. The molecule has 3 N–H and O–H groups in total. The van der Waals surface area contributed by atoms with Crippen LogP contribution in [0.2, 0.25) is 0 Å². The Kier molecular flexibility index (Phi) is 4.50. The molecule has 1 aliphatic rings. The predicted molar refractivity (Wildman–Crippen MR) is 77.1 cm³/mol. The van der Waals surface area contributed by atoms with Gasteiger partial charge in [0.05, 0.1) is 4.90 Å². The summed E-state index contributed by atoms with van der Waals surface area (Å²) >= 11 is 3.25. The molecule has 0 aliphatic carbocycles. The molecule has 0 spiro atoms. The summed E-state index contributed by atoms with van der Waals surface area (Å²) in [5.74, 6) is 0.243. The normalized spacial score (nSPS) is 20.8. The molecule has 19 heavy (non-hydrogen) atoms. The van der Waals surface area contributed by atoms with E-state index in [1.807, 2.05) is 0 Å². The topological polar surface area (TPSA) is 83.6 Å². The van der Waals surface area contributed by atoms with Crippen molar-refractivity contribution in [2.75, 3.05) is 25.4 Å². The SMILES string of the molecule is Nc1ccc(S(=O)(=O)N2CCC(CCO)C2)c(Br)c1. The number of sulfonamides is 1. The maximum Gasteiger partial charge on any atom is 0.244 e. The van der Waals surface area contributed by atoms with Crippen molar-refractivity contribution in [2.45, 2.75) is 17.7 Å². The molecule has 1 aromatic rings. The first-order chi connectivity index (χ1) is 8.95. The number of nitrogen functional groups attached to an aromatic ring is 1. The van der Waals surface area contributed by atoms with Crippen LogP contribution in [0.3, 0.4) is 0 Å². The number of aliphatic hydroxyl groups excluding tert-OH is 1. The number of nitrogens with two attached hydrogens (primary N) is 1. The molecule has 1 heterocycles. The van der Waals surface area contributed by atoms with Gasteiger partial charge in [0.1, 0.15) is 0 Å². The summed E-state index contributed by atoms with van der Waals surface area (Å²) < 4.78 is 27.0. The van der Waals surface area contributed by atoms with Gasteiger partial charge in [-0.25, -0.2) is 8.42 Å². The minimum Gasteiger partial charge on any atom is -0.399 e. The Bertz CT molecular complexity index is 562. The average Bonchev–Trinajstić information content (AvgIpc) is 2.78. The van der Waals surface area contributed by atoms with Crippen molar-refractivity contribution in [3.8, 4) is 0 Å². The highest BCUT2D eigenvalue weighted by molar-refractivity contribution is 9.10. The van der Waals surface area contributed by atoms with Crippen molar-refractivity contribution in [1.82, 2.24) is 4.31 Å². The van der Waals surface area contributed by atoms with Crippen LogP contribution >= 0.6 is 15.9 Å². The molecular weight excluding hydrogens is 332 g/mol. The van der Waals surface area contributed by atoms with E-state index in [9.17, 15) is 8.42 Å². The molecule has 0 amide bonds. The van der Waals surface area contributed by atoms with Crippen molar-refractivity contribution in [2.24, 2.45) is 5.92 Å². The molecule has 2 rings (SSSR count). The van der Waals surface area contributed by atoms with Crippen LogP contribution in [-0.2, 0) is 10.0 Å². The summed E-state index contributed by atoms with van der Waals surface area (Å²) in [6.07, 6.45) is 1.45. The maximum absolute atomic E-state index is 12.5. The van der Waals surface area contributed by atoms with E-state index in [4.69, 9.17) is 10.8 Å². The van der Waals surface area contributed by atoms with E-state index in [-0.39, 0.29) is 17.4 Å². The Morgan fingerprint density at radius 1 is 1.47 bits per heavy atom. The molecule has 1 unspecified atom stereocenters. The molecule has 1 saturated heterocycles. The second-order valence-electron chi connectivity index (χ2n) is 4.72. The third-order valence-corrected chi connectivity index (χ3v) is 6.20. The summed E-state index contributed by atoms with van der Waals surface area (Å²) in [6, 6.07) is 4.70. The lowest BCUT2D eigenvalue weighted by Gasteiger charge is -2.17. The molecular formula is C12H17BrN2O3S. The number of halogens is 1. The van der Waals surface area contributed by atoms with Gasteiger partial charge in [-0.3, -0.25) is 0 Å². The van der Waals surface area contributed by atoms with Crippen LogP contribution in [0.4, 0.5) is 5.69 Å². The molecule has 0 saturated carbocycles. The van der Waals surface area contributed by atoms with Crippen molar-refractivity contribution < 1.29 is 13.5 Å². The van der Waals surface area contributed by atoms with Crippen molar-refractivity contribution in [3.05, 3.63) is 22.7 Å². The van der Waals surface area contributed by atoms with Crippen LogP contribution in [-0.4, -0.2) is 37.5 Å². The van der Waals surface area contributed by atoms with E-state index >= 15 is 0 Å². The quantitative estimate of drug-likeness (QED) is 0.806. The monoisotopic (exact) mass is 348 g/mol. The van der Waals surface area contributed by atoms with Gasteiger partial charge in [0.25, 0.3) is 0 Å². The minimum atomic E-state index is -3.49. The first kappa shape index (κ1) is 14.8. The van der Waals surface area contributed by atoms with Crippen LogP contribution in [0, 0.1) is 5.92 Å². The minimum absolute atomic E-state index is 0.101. The Morgan fingerprint density at radius 2 is 2.21 bits per heavy atom. The third-order valence-electron chi connectivity index (χ3n) is 3.36.